The van der Waals surface area contributed by atoms with Gasteiger partial charge in [-0.05, 0) is 36.8 Å². The van der Waals surface area contributed by atoms with Crippen molar-refractivity contribution in [3.8, 4) is 0 Å². The van der Waals surface area contributed by atoms with Crippen LogP contribution in [0.2, 0.25) is 0 Å². The first-order chi connectivity index (χ1) is 9.22. The zero-order chi connectivity index (χ0) is 13.2. The number of aromatic nitrogens is 1. The fourth-order valence-corrected chi connectivity index (χ4v) is 2.56. The first-order valence-corrected chi connectivity index (χ1v) is 6.61. The van der Waals surface area contributed by atoms with E-state index in [9.17, 15) is 4.79 Å². The number of hydrogen-bond acceptors (Lipinski definition) is 5. The molecule has 0 saturated heterocycles. The van der Waals surface area contributed by atoms with Crippen molar-refractivity contribution in [3.05, 3.63) is 52.9 Å². The topological polar surface area (TPSA) is 52.3 Å². The number of carbonyl (C=O) groups is 1. The molecule has 0 aliphatic heterocycles. The highest BCUT2D eigenvalue weighted by Gasteiger charge is 2.14. The van der Waals surface area contributed by atoms with Crippen LogP contribution in [-0.2, 0) is 11.3 Å². The van der Waals surface area contributed by atoms with E-state index in [2.05, 4.69) is 4.98 Å². The van der Waals surface area contributed by atoms with Gasteiger partial charge in [-0.3, -0.25) is 0 Å². The normalized spacial score (nSPS) is 10.8. The number of rotatable bonds is 3. The van der Waals surface area contributed by atoms with Gasteiger partial charge in [0.25, 0.3) is 0 Å². The summed E-state index contributed by atoms with van der Waals surface area (Å²) in [5.74, 6) is 0.195. The minimum atomic E-state index is -0.421. The standard InChI is InChI=1S/C14H11NO3S/c1-9-4-5-12-11(7-9)15-13(19-12)14(16)18-8-10-3-2-6-17-10/h2-7H,8H2,1H3. The summed E-state index contributed by atoms with van der Waals surface area (Å²) in [7, 11) is 0. The lowest BCUT2D eigenvalue weighted by molar-refractivity contribution is 0.0445. The summed E-state index contributed by atoms with van der Waals surface area (Å²) in [5, 5.41) is 0.368. The maximum absolute atomic E-state index is 11.9. The van der Waals surface area contributed by atoms with Gasteiger partial charge in [-0.25, -0.2) is 9.78 Å². The molecule has 0 unspecified atom stereocenters. The van der Waals surface area contributed by atoms with Crippen molar-refractivity contribution < 1.29 is 13.9 Å². The Morgan fingerprint density at radius 1 is 1.42 bits per heavy atom. The molecule has 3 aromatic rings. The second-order valence-corrected chi connectivity index (χ2v) is 5.18. The van der Waals surface area contributed by atoms with Crippen molar-refractivity contribution in [2.45, 2.75) is 13.5 Å². The number of furan rings is 1. The van der Waals surface area contributed by atoms with Gasteiger partial charge in [0, 0.05) is 0 Å². The van der Waals surface area contributed by atoms with E-state index in [-0.39, 0.29) is 6.61 Å². The Labute approximate surface area is 113 Å². The largest absolute Gasteiger partial charge is 0.466 e. The van der Waals surface area contributed by atoms with E-state index in [1.165, 1.54) is 11.3 Å². The van der Waals surface area contributed by atoms with E-state index in [0.29, 0.717) is 10.8 Å². The summed E-state index contributed by atoms with van der Waals surface area (Å²) in [5.41, 5.74) is 1.95. The van der Waals surface area contributed by atoms with E-state index in [0.717, 1.165) is 15.8 Å². The van der Waals surface area contributed by atoms with Crippen LogP contribution in [0.5, 0.6) is 0 Å². The maximum atomic E-state index is 11.9. The second kappa shape index (κ2) is 4.85. The Morgan fingerprint density at radius 2 is 2.32 bits per heavy atom. The number of nitrogens with zero attached hydrogens (tertiary/aromatic N) is 1. The monoisotopic (exact) mass is 273 g/mol. The molecule has 96 valence electrons. The third-order valence-corrected chi connectivity index (χ3v) is 3.66. The predicted octanol–water partition coefficient (Wildman–Crippen LogP) is 3.55. The summed E-state index contributed by atoms with van der Waals surface area (Å²) in [6, 6.07) is 9.43. The summed E-state index contributed by atoms with van der Waals surface area (Å²) in [6.45, 7) is 2.12. The number of ether oxygens (including phenoxy) is 1. The molecule has 0 aliphatic rings. The quantitative estimate of drug-likeness (QED) is 0.685. The molecule has 0 N–H and O–H groups in total. The zero-order valence-electron chi connectivity index (χ0n) is 10.3. The van der Waals surface area contributed by atoms with E-state index in [1.54, 1.807) is 18.4 Å². The molecule has 0 saturated carbocycles. The molecule has 0 amide bonds. The Hall–Kier alpha value is -2.14. The molecular formula is C14H11NO3S. The summed E-state index contributed by atoms with van der Waals surface area (Å²) in [4.78, 5) is 16.2. The smallest absolute Gasteiger partial charge is 0.367 e. The van der Waals surface area contributed by atoms with Crippen molar-refractivity contribution >= 4 is 27.5 Å². The Kier molecular flexibility index (Phi) is 3.05. The van der Waals surface area contributed by atoms with Crippen LogP contribution in [0.3, 0.4) is 0 Å². The van der Waals surface area contributed by atoms with Crippen molar-refractivity contribution in [1.82, 2.24) is 4.98 Å². The first kappa shape index (κ1) is 11.9. The molecule has 5 heteroatoms. The number of aryl methyl sites for hydroxylation is 1. The number of carbonyl (C=O) groups excluding carboxylic acids is 1. The van der Waals surface area contributed by atoms with E-state index in [4.69, 9.17) is 9.15 Å². The van der Waals surface area contributed by atoms with Crippen molar-refractivity contribution in [1.29, 1.82) is 0 Å². The lowest BCUT2D eigenvalue weighted by Crippen LogP contribution is -2.04. The predicted molar refractivity (Wildman–Crippen MR) is 72.2 cm³/mol. The molecule has 0 bridgehead atoms. The number of thiazole rings is 1. The van der Waals surface area contributed by atoms with Gasteiger partial charge in [0.1, 0.15) is 12.4 Å². The van der Waals surface area contributed by atoms with Gasteiger partial charge in [0.15, 0.2) is 0 Å². The van der Waals surface area contributed by atoms with Gasteiger partial charge in [0.05, 0.1) is 16.5 Å². The number of hydrogen-bond donors (Lipinski definition) is 0. The van der Waals surface area contributed by atoms with Crippen LogP contribution < -0.4 is 0 Å². The van der Waals surface area contributed by atoms with Crippen LogP contribution >= 0.6 is 11.3 Å². The van der Waals surface area contributed by atoms with Gasteiger partial charge in [-0.1, -0.05) is 6.07 Å². The minimum Gasteiger partial charge on any atom is -0.466 e. The summed E-state index contributed by atoms with van der Waals surface area (Å²) in [6.07, 6.45) is 1.55. The second-order valence-electron chi connectivity index (χ2n) is 4.15. The number of esters is 1. The average Bonchev–Trinajstić information content (AvgIpc) is 3.04. The van der Waals surface area contributed by atoms with Gasteiger partial charge in [0.2, 0.25) is 5.01 Å². The molecule has 0 radical (unpaired) electrons. The molecule has 3 rings (SSSR count). The molecular weight excluding hydrogens is 262 g/mol. The molecule has 0 atom stereocenters. The van der Waals surface area contributed by atoms with Gasteiger partial charge >= 0.3 is 5.97 Å². The molecule has 19 heavy (non-hydrogen) atoms. The molecule has 4 nitrogen and oxygen atoms in total. The van der Waals surface area contributed by atoms with Crippen LogP contribution in [0.15, 0.2) is 41.0 Å². The molecule has 2 heterocycles. The molecule has 1 aromatic carbocycles. The lowest BCUT2D eigenvalue weighted by atomic mass is 10.2. The highest BCUT2D eigenvalue weighted by atomic mass is 32.1. The first-order valence-electron chi connectivity index (χ1n) is 5.79. The van der Waals surface area contributed by atoms with Crippen LogP contribution in [0.1, 0.15) is 21.1 Å². The van der Waals surface area contributed by atoms with Crippen molar-refractivity contribution in [2.75, 3.05) is 0 Å². The SMILES string of the molecule is Cc1ccc2sc(C(=O)OCc3ccco3)nc2c1. The minimum absolute atomic E-state index is 0.126. The van der Waals surface area contributed by atoms with Crippen LogP contribution in [0.4, 0.5) is 0 Å². The highest BCUT2D eigenvalue weighted by Crippen LogP contribution is 2.23. The molecule has 0 spiro atoms. The Balaban J connectivity index is 1.77. The number of benzene rings is 1. The fourth-order valence-electron chi connectivity index (χ4n) is 1.72. The van der Waals surface area contributed by atoms with Crippen molar-refractivity contribution in [3.63, 3.8) is 0 Å². The van der Waals surface area contributed by atoms with E-state index in [1.807, 2.05) is 25.1 Å². The Bertz CT molecular complexity index is 715. The van der Waals surface area contributed by atoms with E-state index >= 15 is 0 Å². The summed E-state index contributed by atoms with van der Waals surface area (Å²) < 4.78 is 11.2. The number of fused-ring (bicyclic) bond motifs is 1. The lowest BCUT2D eigenvalue weighted by Gasteiger charge is -1.98. The fraction of sp³-hybridized carbons (Fsp3) is 0.143. The Morgan fingerprint density at radius 3 is 3.11 bits per heavy atom. The van der Waals surface area contributed by atoms with Gasteiger partial charge in [-0.15, -0.1) is 11.3 Å². The summed E-state index contributed by atoms with van der Waals surface area (Å²) >= 11 is 1.34. The molecule has 2 aromatic heterocycles. The van der Waals surface area contributed by atoms with E-state index < -0.39 is 5.97 Å². The van der Waals surface area contributed by atoms with Crippen LogP contribution in [-0.4, -0.2) is 11.0 Å². The third kappa shape index (κ3) is 2.51. The average molecular weight is 273 g/mol. The van der Waals surface area contributed by atoms with Gasteiger partial charge in [-0.2, -0.15) is 0 Å². The van der Waals surface area contributed by atoms with Crippen molar-refractivity contribution in [2.24, 2.45) is 0 Å². The third-order valence-electron chi connectivity index (χ3n) is 2.64. The molecule has 0 fully saturated rings. The highest BCUT2D eigenvalue weighted by molar-refractivity contribution is 7.20. The molecule has 0 aliphatic carbocycles. The van der Waals surface area contributed by atoms with Crippen LogP contribution in [0.25, 0.3) is 10.2 Å². The zero-order valence-corrected chi connectivity index (χ0v) is 11.1. The maximum Gasteiger partial charge on any atom is 0.367 e. The van der Waals surface area contributed by atoms with Gasteiger partial charge < -0.3 is 9.15 Å². The van der Waals surface area contributed by atoms with Crippen LogP contribution in [0, 0.1) is 6.92 Å².